The van der Waals surface area contributed by atoms with E-state index in [0.29, 0.717) is 50.6 Å². The predicted octanol–water partition coefficient (Wildman–Crippen LogP) is 2.80. The van der Waals surface area contributed by atoms with Crippen LogP contribution in [0.3, 0.4) is 0 Å². The number of benzene rings is 2. The second-order valence-electron chi connectivity index (χ2n) is 9.78. The zero-order valence-electron chi connectivity index (χ0n) is 21.5. The lowest BCUT2D eigenvalue weighted by molar-refractivity contribution is -0.145. The number of nitrogens with zero attached hydrogens (tertiary/aromatic N) is 3. The number of nitrogens with one attached hydrogen (secondary N) is 2. The van der Waals surface area contributed by atoms with Crippen molar-refractivity contribution in [1.29, 1.82) is 0 Å². The standard InChI is InChI=1S/C27H32F3N5O3/c1-18-6-7-22(19(2)14-18)32-24(36)16-23-26(38)31-8-9-35(23)25(37)17-33-10-12-34(13-11-33)21-5-3-4-20(15-21)27(28,29)30/h3-7,14-15,23H,8-13,16-17H2,1-2H3,(H,31,38)(H,32,36). The number of hydrogen-bond acceptors (Lipinski definition) is 5. The lowest BCUT2D eigenvalue weighted by atomic mass is 10.1. The third-order valence-corrected chi connectivity index (χ3v) is 6.96. The van der Waals surface area contributed by atoms with E-state index in [9.17, 15) is 27.6 Å². The fourth-order valence-electron chi connectivity index (χ4n) is 4.87. The Labute approximate surface area is 219 Å². The fraction of sp³-hybridized carbons (Fsp3) is 0.444. The summed E-state index contributed by atoms with van der Waals surface area (Å²) in [6, 6.07) is 9.97. The summed E-state index contributed by atoms with van der Waals surface area (Å²) in [5.41, 5.74) is 2.44. The van der Waals surface area contributed by atoms with Gasteiger partial charge in [0.05, 0.1) is 18.5 Å². The monoisotopic (exact) mass is 531 g/mol. The quantitative estimate of drug-likeness (QED) is 0.599. The summed E-state index contributed by atoms with van der Waals surface area (Å²) in [7, 11) is 0. The zero-order valence-corrected chi connectivity index (χ0v) is 21.5. The van der Waals surface area contributed by atoms with E-state index in [4.69, 9.17) is 0 Å². The second-order valence-corrected chi connectivity index (χ2v) is 9.78. The molecule has 2 N–H and O–H groups in total. The van der Waals surface area contributed by atoms with Crippen LogP contribution in [0.25, 0.3) is 0 Å². The van der Waals surface area contributed by atoms with Crippen molar-refractivity contribution in [2.24, 2.45) is 0 Å². The molecule has 2 aliphatic heterocycles. The van der Waals surface area contributed by atoms with E-state index in [-0.39, 0.29) is 30.7 Å². The van der Waals surface area contributed by atoms with Crippen LogP contribution in [0.4, 0.5) is 24.5 Å². The maximum Gasteiger partial charge on any atom is 0.416 e. The number of amides is 3. The summed E-state index contributed by atoms with van der Waals surface area (Å²) in [6.45, 7) is 6.43. The van der Waals surface area contributed by atoms with Gasteiger partial charge in [-0.15, -0.1) is 0 Å². The van der Waals surface area contributed by atoms with Crippen LogP contribution in [-0.2, 0) is 20.6 Å². The topological polar surface area (TPSA) is 85.0 Å². The van der Waals surface area contributed by atoms with Gasteiger partial charge in [-0.1, -0.05) is 23.8 Å². The molecule has 4 rings (SSSR count). The Bertz CT molecular complexity index is 1190. The number of rotatable bonds is 6. The molecule has 1 atom stereocenters. The first-order chi connectivity index (χ1) is 18.0. The minimum Gasteiger partial charge on any atom is -0.369 e. The first kappa shape index (κ1) is 27.4. The predicted molar refractivity (Wildman–Crippen MR) is 138 cm³/mol. The molecule has 2 fully saturated rings. The highest BCUT2D eigenvalue weighted by Gasteiger charge is 2.36. The molecule has 1 unspecified atom stereocenters. The first-order valence-corrected chi connectivity index (χ1v) is 12.6. The number of hydrogen-bond donors (Lipinski definition) is 2. The van der Waals surface area contributed by atoms with Gasteiger partial charge < -0.3 is 20.4 Å². The second kappa shape index (κ2) is 11.4. The number of alkyl halides is 3. The van der Waals surface area contributed by atoms with Crippen molar-refractivity contribution in [1.82, 2.24) is 15.1 Å². The van der Waals surface area contributed by atoms with Crippen molar-refractivity contribution < 1.29 is 27.6 Å². The normalized spacial score (nSPS) is 18.8. The van der Waals surface area contributed by atoms with E-state index < -0.39 is 17.8 Å². The molecule has 0 spiro atoms. The number of halogens is 3. The van der Waals surface area contributed by atoms with Gasteiger partial charge in [0.1, 0.15) is 6.04 Å². The Kier molecular flexibility index (Phi) is 8.25. The van der Waals surface area contributed by atoms with Gasteiger partial charge in [0, 0.05) is 50.6 Å². The Hall–Kier alpha value is -3.60. The molecule has 0 aromatic heterocycles. The van der Waals surface area contributed by atoms with E-state index in [1.54, 1.807) is 6.07 Å². The maximum absolute atomic E-state index is 13.2. The van der Waals surface area contributed by atoms with Crippen LogP contribution in [0.15, 0.2) is 42.5 Å². The Morgan fingerprint density at radius 2 is 1.76 bits per heavy atom. The molecule has 2 heterocycles. The van der Waals surface area contributed by atoms with Crippen molar-refractivity contribution in [3.63, 3.8) is 0 Å². The van der Waals surface area contributed by atoms with E-state index in [1.165, 1.54) is 11.0 Å². The molecule has 3 amide bonds. The van der Waals surface area contributed by atoms with Gasteiger partial charge in [0.15, 0.2) is 0 Å². The van der Waals surface area contributed by atoms with Gasteiger partial charge in [-0.3, -0.25) is 19.3 Å². The van der Waals surface area contributed by atoms with E-state index in [0.717, 1.165) is 23.3 Å². The number of carbonyl (C=O) groups is 3. The van der Waals surface area contributed by atoms with Crippen LogP contribution in [-0.4, -0.2) is 79.4 Å². The maximum atomic E-state index is 13.2. The third kappa shape index (κ3) is 6.63. The number of anilines is 2. The highest BCUT2D eigenvalue weighted by Crippen LogP contribution is 2.32. The van der Waals surface area contributed by atoms with Crippen molar-refractivity contribution in [3.05, 3.63) is 59.2 Å². The van der Waals surface area contributed by atoms with E-state index in [2.05, 4.69) is 10.6 Å². The Morgan fingerprint density at radius 1 is 1.03 bits per heavy atom. The van der Waals surface area contributed by atoms with Crippen LogP contribution in [0, 0.1) is 13.8 Å². The van der Waals surface area contributed by atoms with Crippen molar-refractivity contribution in [3.8, 4) is 0 Å². The Balaban J connectivity index is 1.33. The molecule has 8 nitrogen and oxygen atoms in total. The van der Waals surface area contributed by atoms with Gasteiger partial charge in [-0.2, -0.15) is 13.2 Å². The average Bonchev–Trinajstić information content (AvgIpc) is 2.87. The molecule has 38 heavy (non-hydrogen) atoms. The molecule has 0 saturated carbocycles. The number of carbonyl (C=O) groups excluding carboxylic acids is 3. The lowest BCUT2D eigenvalue weighted by Gasteiger charge is -2.39. The van der Waals surface area contributed by atoms with Gasteiger partial charge >= 0.3 is 6.18 Å². The lowest BCUT2D eigenvalue weighted by Crippen LogP contribution is -2.60. The summed E-state index contributed by atoms with van der Waals surface area (Å²) < 4.78 is 39.2. The van der Waals surface area contributed by atoms with Crippen LogP contribution in [0.2, 0.25) is 0 Å². The highest BCUT2D eigenvalue weighted by molar-refractivity contribution is 5.98. The molecule has 0 aliphatic carbocycles. The minimum atomic E-state index is -4.41. The van der Waals surface area contributed by atoms with Crippen molar-refractivity contribution in [2.75, 3.05) is 56.0 Å². The van der Waals surface area contributed by atoms with Gasteiger partial charge in [-0.05, 0) is 43.7 Å². The van der Waals surface area contributed by atoms with Crippen molar-refractivity contribution >= 4 is 29.1 Å². The Morgan fingerprint density at radius 3 is 2.45 bits per heavy atom. The minimum absolute atomic E-state index is 0.0684. The molecule has 2 aromatic rings. The summed E-state index contributed by atoms with van der Waals surface area (Å²) in [5, 5.41) is 5.57. The fourth-order valence-corrected chi connectivity index (χ4v) is 4.87. The zero-order chi connectivity index (χ0) is 27.4. The van der Waals surface area contributed by atoms with E-state index >= 15 is 0 Å². The summed E-state index contributed by atoms with van der Waals surface area (Å²) >= 11 is 0. The average molecular weight is 532 g/mol. The highest BCUT2D eigenvalue weighted by atomic mass is 19.4. The van der Waals surface area contributed by atoms with Crippen LogP contribution < -0.4 is 15.5 Å². The largest absolute Gasteiger partial charge is 0.416 e. The smallest absolute Gasteiger partial charge is 0.369 e. The van der Waals surface area contributed by atoms with Gasteiger partial charge in [0.2, 0.25) is 17.7 Å². The molecular formula is C27H32F3N5O3. The number of aryl methyl sites for hydroxylation is 2. The molecule has 2 aromatic carbocycles. The van der Waals surface area contributed by atoms with Gasteiger partial charge in [-0.25, -0.2) is 0 Å². The molecule has 2 saturated heterocycles. The van der Waals surface area contributed by atoms with Gasteiger partial charge in [0.25, 0.3) is 0 Å². The van der Waals surface area contributed by atoms with Crippen LogP contribution >= 0.6 is 0 Å². The molecule has 204 valence electrons. The van der Waals surface area contributed by atoms with Crippen LogP contribution in [0.1, 0.15) is 23.1 Å². The van der Waals surface area contributed by atoms with Crippen LogP contribution in [0.5, 0.6) is 0 Å². The van der Waals surface area contributed by atoms with E-state index in [1.807, 2.05) is 41.8 Å². The third-order valence-electron chi connectivity index (χ3n) is 6.96. The number of piperazine rings is 2. The SMILES string of the molecule is Cc1ccc(NC(=O)CC2C(=O)NCCN2C(=O)CN2CCN(c3cccc(C(F)(F)F)c3)CC2)c(C)c1. The summed E-state index contributed by atoms with van der Waals surface area (Å²) in [6.07, 6.45) is -4.56. The molecular weight excluding hydrogens is 499 g/mol. The molecule has 0 radical (unpaired) electrons. The van der Waals surface area contributed by atoms with Crippen molar-refractivity contribution in [2.45, 2.75) is 32.5 Å². The molecule has 2 aliphatic rings. The first-order valence-electron chi connectivity index (χ1n) is 12.6. The summed E-state index contributed by atoms with van der Waals surface area (Å²) in [4.78, 5) is 43.8. The molecule has 11 heteroatoms. The molecule has 0 bridgehead atoms. The summed E-state index contributed by atoms with van der Waals surface area (Å²) in [5.74, 6) is -0.974.